The minimum absolute atomic E-state index is 0.217. The molecule has 0 saturated heterocycles. The SMILES string of the molecule is C[C@@H](Cl)c1ncc(-c2ccc(Cl)cc2)o1. The molecule has 0 fully saturated rings. The second-order valence-electron chi connectivity index (χ2n) is 3.19. The van der Waals surface area contributed by atoms with Gasteiger partial charge in [0.25, 0.3) is 0 Å². The Hall–Kier alpha value is -0.990. The van der Waals surface area contributed by atoms with Crippen LogP contribution in [0.25, 0.3) is 11.3 Å². The molecule has 0 spiro atoms. The Morgan fingerprint density at radius 2 is 1.93 bits per heavy atom. The highest BCUT2D eigenvalue weighted by atomic mass is 35.5. The van der Waals surface area contributed by atoms with Crippen molar-refractivity contribution >= 4 is 23.2 Å². The predicted octanol–water partition coefficient (Wildman–Crippen LogP) is 4.29. The number of nitrogens with zero attached hydrogens (tertiary/aromatic N) is 1. The first-order chi connectivity index (χ1) is 7.16. The quantitative estimate of drug-likeness (QED) is 0.734. The van der Waals surface area contributed by atoms with Crippen LogP contribution in [0.2, 0.25) is 5.02 Å². The van der Waals surface area contributed by atoms with E-state index in [-0.39, 0.29) is 5.38 Å². The molecule has 1 aromatic heterocycles. The largest absolute Gasteiger partial charge is 0.439 e. The molecule has 2 aromatic rings. The van der Waals surface area contributed by atoms with Crippen molar-refractivity contribution in [3.8, 4) is 11.3 Å². The van der Waals surface area contributed by atoms with E-state index in [1.165, 1.54) is 0 Å². The van der Waals surface area contributed by atoms with Crippen LogP contribution in [0, 0.1) is 0 Å². The van der Waals surface area contributed by atoms with Crippen molar-refractivity contribution in [2.24, 2.45) is 0 Å². The van der Waals surface area contributed by atoms with Crippen LogP contribution in [0.3, 0.4) is 0 Å². The minimum atomic E-state index is -0.217. The summed E-state index contributed by atoms with van der Waals surface area (Å²) >= 11 is 11.6. The standard InChI is InChI=1S/C11H9Cl2NO/c1-7(12)11-14-6-10(15-11)8-2-4-9(13)5-3-8/h2-7H,1H3/t7-/m1/s1. The van der Waals surface area contributed by atoms with Gasteiger partial charge in [-0.1, -0.05) is 11.6 Å². The van der Waals surface area contributed by atoms with Crippen molar-refractivity contribution in [1.29, 1.82) is 0 Å². The van der Waals surface area contributed by atoms with Crippen LogP contribution in [-0.4, -0.2) is 4.98 Å². The third kappa shape index (κ3) is 2.33. The van der Waals surface area contributed by atoms with Gasteiger partial charge >= 0.3 is 0 Å². The van der Waals surface area contributed by atoms with Gasteiger partial charge in [-0.2, -0.15) is 0 Å². The molecule has 1 heterocycles. The van der Waals surface area contributed by atoms with E-state index < -0.39 is 0 Å². The van der Waals surface area contributed by atoms with Crippen molar-refractivity contribution in [3.63, 3.8) is 0 Å². The number of aromatic nitrogens is 1. The van der Waals surface area contributed by atoms with Gasteiger partial charge in [0.1, 0.15) is 5.38 Å². The molecule has 15 heavy (non-hydrogen) atoms. The summed E-state index contributed by atoms with van der Waals surface area (Å²) in [7, 11) is 0. The van der Waals surface area contributed by atoms with Crippen LogP contribution in [0.5, 0.6) is 0 Å². The molecule has 0 aliphatic carbocycles. The average molecular weight is 242 g/mol. The van der Waals surface area contributed by atoms with Gasteiger partial charge in [0.2, 0.25) is 5.89 Å². The van der Waals surface area contributed by atoms with Crippen molar-refractivity contribution in [3.05, 3.63) is 41.4 Å². The highest BCUT2D eigenvalue weighted by molar-refractivity contribution is 6.30. The summed E-state index contributed by atoms with van der Waals surface area (Å²) in [4.78, 5) is 4.08. The molecule has 78 valence electrons. The molecule has 0 amide bonds. The molecule has 1 atom stereocenters. The molecule has 0 bridgehead atoms. The molecule has 1 aromatic carbocycles. The maximum absolute atomic E-state index is 5.85. The Kier molecular flexibility index (Phi) is 2.98. The molecule has 0 unspecified atom stereocenters. The average Bonchev–Trinajstić information content (AvgIpc) is 2.68. The summed E-state index contributed by atoms with van der Waals surface area (Å²) in [6.07, 6.45) is 1.66. The van der Waals surface area contributed by atoms with Crippen LogP contribution in [0.4, 0.5) is 0 Å². The first kappa shape index (κ1) is 10.5. The van der Waals surface area contributed by atoms with Gasteiger partial charge in [-0.25, -0.2) is 4.98 Å². The topological polar surface area (TPSA) is 26.0 Å². The van der Waals surface area contributed by atoms with Gasteiger partial charge < -0.3 is 4.42 Å². The van der Waals surface area contributed by atoms with E-state index in [0.717, 1.165) is 5.56 Å². The van der Waals surface area contributed by atoms with E-state index in [2.05, 4.69) is 4.98 Å². The summed E-state index contributed by atoms with van der Waals surface area (Å²) in [6.45, 7) is 1.82. The Balaban J connectivity index is 2.33. The Labute approximate surface area is 97.8 Å². The number of alkyl halides is 1. The maximum atomic E-state index is 5.85. The zero-order valence-electron chi connectivity index (χ0n) is 8.08. The number of oxazole rings is 1. The van der Waals surface area contributed by atoms with Crippen LogP contribution in [0.1, 0.15) is 18.2 Å². The highest BCUT2D eigenvalue weighted by Gasteiger charge is 2.10. The zero-order chi connectivity index (χ0) is 10.8. The molecule has 0 radical (unpaired) electrons. The fraction of sp³-hybridized carbons (Fsp3) is 0.182. The van der Waals surface area contributed by atoms with Gasteiger partial charge in [0, 0.05) is 10.6 Å². The number of halogens is 2. The minimum Gasteiger partial charge on any atom is -0.439 e. The number of rotatable bonds is 2. The fourth-order valence-electron chi connectivity index (χ4n) is 1.22. The first-order valence-electron chi connectivity index (χ1n) is 4.52. The normalized spacial score (nSPS) is 12.7. The zero-order valence-corrected chi connectivity index (χ0v) is 9.59. The van der Waals surface area contributed by atoms with Crippen LogP contribution >= 0.6 is 23.2 Å². The molecule has 0 N–H and O–H groups in total. The molecule has 2 nitrogen and oxygen atoms in total. The third-order valence-electron chi connectivity index (χ3n) is 1.99. The van der Waals surface area contributed by atoms with Crippen molar-refractivity contribution < 1.29 is 4.42 Å². The van der Waals surface area contributed by atoms with Gasteiger partial charge in [-0.15, -0.1) is 11.6 Å². The number of hydrogen-bond donors (Lipinski definition) is 0. The molecule has 0 saturated carbocycles. The molecule has 2 rings (SSSR count). The van der Waals surface area contributed by atoms with Crippen molar-refractivity contribution in [2.45, 2.75) is 12.3 Å². The second kappa shape index (κ2) is 4.25. The Morgan fingerprint density at radius 3 is 2.47 bits per heavy atom. The van der Waals surface area contributed by atoms with E-state index >= 15 is 0 Å². The van der Waals surface area contributed by atoms with E-state index in [1.807, 2.05) is 31.2 Å². The molecule has 0 aliphatic heterocycles. The summed E-state index contributed by atoms with van der Waals surface area (Å²) in [6, 6.07) is 7.38. The monoisotopic (exact) mass is 241 g/mol. The van der Waals surface area contributed by atoms with Gasteiger partial charge in [0.05, 0.1) is 6.20 Å². The lowest BCUT2D eigenvalue weighted by atomic mass is 10.2. The number of benzene rings is 1. The van der Waals surface area contributed by atoms with Crippen molar-refractivity contribution in [1.82, 2.24) is 4.98 Å². The lowest BCUT2D eigenvalue weighted by Gasteiger charge is -1.97. The maximum Gasteiger partial charge on any atom is 0.212 e. The first-order valence-corrected chi connectivity index (χ1v) is 5.34. The van der Waals surface area contributed by atoms with E-state index in [1.54, 1.807) is 6.20 Å². The van der Waals surface area contributed by atoms with E-state index in [9.17, 15) is 0 Å². The second-order valence-corrected chi connectivity index (χ2v) is 4.28. The molecule has 0 aliphatic rings. The summed E-state index contributed by atoms with van der Waals surface area (Å²) in [5.41, 5.74) is 0.940. The summed E-state index contributed by atoms with van der Waals surface area (Å²) in [5, 5.41) is 0.482. The lowest BCUT2D eigenvalue weighted by molar-refractivity contribution is 0.508. The Bertz CT molecular complexity index is 448. The lowest BCUT2D eigenvalue weighted by Crippen LogP contribution is -1.80. The molecular formula is C11H9Cl2NO. The third-order valence-corrected chi connectivity index (χ3v) is 2.43. The smallest absolute Gasteiger partial charge is 0.212 e. The highest BCUT2D eigenvalue weighted by Crippen LogP contribution is 2.26. The van der Waals surface area contributed by atoms with E-state index in [4.69, 9.17) is 27.6 Å². The van der Waals surface area contributed by atoms with Crippen molar-refractivity contribution in [2.75, 3.05) is 0 Å². The predicted molar refractivity (Wildman–Crippen MR) is 61.2 cm³/mol. The van der Waals surface area contributed by atoms with Gasteiger partial charge in [-0.3, -0.25) is 0 Å². The van der Waals surface area contributed by atoms with Crippen LogP contribution in [-0.2, 0) is 0 Å². The Morgan fingerprint density at radius 1 is 1.27 bits per heavy atom. The molecular weight excluding hydrogens is 233 g/mol. The fourth-order valence-corrected chi connectivity index (χ4v) is 1.45. The van der Waals surface area contributed by atoms with Gasteiger partial charge in [0.15, 0.2) is 5.76 Å². The van der Waals surface area contributed by atoms with Crippen LogP contribution in [0.15, 0.2) is 34.9 Å². The summed E-state index contributed by atoms with van der Waals surface area (Å²) < 4.78 is 5.48. The van der Waals surface area contributed by atoms with Crippen LogP contribution < -0.4 is 0 Å². The number of hydrogen-bond acceptors (Lipinski definition) is 2. The van der Waals surface area contributed by atoms with E-state index in [0.29, 0.717) is 16.7 Å². The molecule has 4 heteroatoms. The van der Waals surface area contributed by atoms with Gasteiger partial charge in [-0.05, 0) is 31.2 Å². The summed E-state index contributed by atoms with van der Waals surface area (Å²) in [5.74, 6) is 1.23.